The summed E-state index contributed by atoms with van der Waals surface area (Å²) < 4.78 is 67.6. The molecule has 1 unspecified atom stereocenters. The molecule has 1 aliphatic heterocycles. The number of alkyl halides is 3. The van der Waals surface area contributed by atoms with Crippen LogP contribution in [0.5, 0.6) is 0 Å². The number of sulfone groups is 1. The average Bonchev–Trinajstić information content (AvgIpc) is 2.50. The molecule has 1 aliphatic rings. The van der Waals surface area contributed by atoms with Crippen molar-refractivity contribution in [2.45, 2.75) is 30.6 Å². The number of nitrogens with two attached hydrogens (primary N) is 1. The number of rotatable bonds is 3. The molecule has 26 heavy (non-hydrogen) atoms. The number of ether oxygens (including phenoxy) is 1. The molecule has 0 aliphatic carbocycles. The Bertz CT molecular complexity index is 769. The Hall–Kier alpha value is -1.08. The van der Waals surface area contributed by atoms with Crippen LogP contribution in [-0.2, 0) is 27.3 Å². The van der Waals surface area contributed by atoms with E-state index in [1.54, 1.807) is 4.90 Å². The fourth-order valence-corrected chi connectivity index (χ4v) is 3.14. The number of hydrogen-bond acceptors (Lipinski definition) is 4. The largest absolute Gasteiger partial charge is 0.416 e. The van der Waals surface area contributed by atoms with Gasteiger partial charge in [0.25, 0.3) is 0 Å². The van der Waals surface area contributed by atoms with Crippen molar-refractivity contribution in [1.29, 1.82) is 0 Å². The Morgan fingerprint density at radius 2 is 2.04 bits per heavy atom. The molecule has 11 heteroatoms. The van der Waals surface area contributed by atoms with Gasteiger partial charge in [0.15, 0.2) is 15.8 Å². The van der Waals surface area contributed by atoms with Crippen LogP contribution in [-0.4, -0.2) is 51.3 Å². The molecule has 0 spiro atoms. The topological polar surface area (TPSA) is 85.0 Å². The maximum atomic E-state index is 13.0. The molecule has 0 amide bonds. The minimum Gasteiger partial charge on any atom is -0.375 e. The van der Waals surface area contributed by atoms with Crippen molar-refractivity contribution in [1.82, 2.24) is 4.90 Å². The minimum absolute atomic E-state index is 0. The van der Waals surface area contributed by atoms with Gasteiger partial charge in [-0.15, -0.1) is 24.0 Å². The van der Waals surface area contributed by atoms with E-state index < -0.39 is 26.5 Å². The predicted octanol–water partition coefficient (Wildman–Crippen LogP) is 2.26. The van der Waals surface area contributed by atoms with E-state index in [2.05, 4.69) is 4.99 Å². The van der Waals surface area contributed by atoms with E-state index in [1.807, 2.05) is 6.92 Å². The minimum atomic E-state index is -4.65. The van der Waals surface area contributed by atoms with Crippen molar-refractivity contribution in [2.24, 2.45) is 10.7 Å². The number of nitrogens with zero attached hydrogens (tertiary/aromatic N) is 2. The molecule has 0 bridgehead atoms. The quantitative estimate of drug-likeness (QED) is 0.386. The zero-order chi connectivity index (χ0) is 18.8. The molecule has 1 fully saturated rings. The number of halogens is 4. The van der Waals surface area contributed by atoms with Crippen LogP contribution in [0.4, 0.5) is 13.2 Å². The Morgan fingerprint density at radius 1 is 1.38 bits per heavy atom. The smallest absolute Gasteiger partial charge is 0.375 e. The molecule has 1 aromatic carbocycles. The lowest BCUT2D eigenvalue weighted by atomic mass is 10.1. The Labute approximate surface area is 167 Å². The van der Waals surface area contributed by atoms with Crippen molar-refractivity contribution >= 4 is 39.8 Å². The first kappa shape index (κ1) is 23.0. The molecule has 0 aromatic heterocycles. The van der Waals surface area contributed by atoms with Gasteiger partial charge in [-0.3, -0.25) is 0 Å². The van der Waals surface area contributed by atoms with Gasteiger partial charge in [0.1, 0.15) is 0 Å². The van der Waals surface area contributed by atoms with Crippen molar-refractivity contribution in [2.75, 3.05) is 26.0 Å². The van der Waals surface area contributed by atoms with Crippen LogP contribution < -0.4 is 5.73 Å². The highest BCUT2D eigenvalue weighted by Gasteiger charge is 2.32. The molecule has 0 saturated carbocycles. The van der Waals surface area contributed by atoms with Gasteiger partial charge in [0, 0.05) is 19.3 Å². The molecule has 2 N–H and O–H groups in total. The number of morpholine rings is 1. The van der Waals surface area contributed by atoms with Crippen LogP contribution in [0, 0.1) is 0 Å². The van der Waals surface area contributed by atoms with E-state index in [1.165, 1.54) is 6.07 Å². The van der Waals surface area contributed by atoms with Gasteiger partial charge in [-0.1, -0.05) is 0 Å². The van der Waals surface area contributed by atoms with Crippen LogP contribution in [0.25, 0.3) is 0 Å². The van der Waals surface area contributed by atoms with E-state index in [0.717, 1.165) is 12.3 Å². The van der Waals surface area contributed by atoms with Crippen molar-refractivity contribution in [3.63, 3.8) is 0 Å². The maximum absolute atomic E-state index is 13.0. The van der Waals surface area contributed by atoms with Crippen LogP contribution in [0.1, 0.15) is 18.1 Å². The first-order valence-electron chi connectivity index (χ1n) is 7.54. The number of hydrogen-bond donors (Lipinski definition) is 1. The molecule has 1 atom stereocenters. The fraction of sp³-hybridized carbons (Fsp3) is 0.533. The monoisotopic (exact) mass is 507 g/mol. The highest BCUT2D eigenvalue weighted by atomic mass is 127. The summed E-state index contributed by atoms with van der Waals surface area (Å²) in [6.07, 6.45) is -3.81. The Morgan fingerprint density at radius 3 is 2.58 bits per heavy atom. The number of guanidine groups is 1. The van der Waals surface area contributed by atoms with Crippen molar-refractivity contribution in [3.05, 3.63) is 29.3 Å². The molecular weight excluding hydrogens is 486 g/mol. The van der Waals surface area contributed by atoms with Gasteiger partial charge in [-0.25, -0.2) is 13.4 Å². The van der Waals surface area contributed by atoms with Gasteiger partial charge in [0.05, 0.1) is 29.7 Å². The van der Waals surface area contributed by atoms with Crippen LogP contribution in [0.2, 0.25) is 0 Å². The van der Waals surface area contributed by atoms with E-state index >= 15 is 0 Å². The molecule has 2 rings (SSSR count). The highest BCUT2D eigenvalue weighted by Crippen LogP contribution is 2.32. The predicted molar refractivity (Wildman–Crippen MR) is 102 cm³/mol. The average molecular weight is 507 g/mol. The lowest BCUT2D eigenvalue weighted by Crippen LogP contribution is -2.47. The fourth-order valence-electron chi connectivity index (χ4n) is 2.43. The molecule has 0 radical (unpaired) electrons. The van der Waals surface area contributed by atoms with Crippen molar-refractivity contribution < 1.29 is 26.3 Å². The maximum Gasteiger partial charge on any atom is 0.416 e. The number of benzene rings is 1. The summed E-state index contributed by atoms with van der Waals surface area (Å²) in [6, 6.07) is 2.69. The van der Waals surface area contributed by atoms with Crippen LogP contribution in [0.15, 0.2) is 28.1 Å². The SMILES string of the molecule is CC1CN(C(N)=NCc2cc(C(F)(F)F)cc(S(C)(=O)=O)c2)CCO1.I. The van der Waals surface area contributed by atoms with E-state index in [4.69, 9.17) is 10.5 Å². The van der Waals surface area contributed by atoms with E-state index in [-0.39, 0.29) is 48.1 Å². The van der Waals surface area contributed by atoms with E-state index in [0.29, 0.717) is 25.8 Å². The van der Waals surface area contributed by atoms with Gasteiger partial charge >= 0.3 is 6.18 Å². The first-order chi connectivity index (χ1) is 11.5. The van der Waals surface area contributed by atoms with E-state index in [9.17, 15) is 21.6 Å². The van der Waals surface area contributed by atoms with Gasteiger partial charge < -0.3 is 15.4 Å². The molecule has 148 valence electrons. The van der Waals surface area contributed by atoms with Crippen molar-refractivity contribution in [3.8, 4) is 0 Å². The zero-order valence-electron chi connectivity index (χ0n) is 14.3. The van der Waals surface area contributed by atoms with Gasteiger partial charge in [0.2, 0.25) is 0 Å². The van der Waals surface area contributed by atoms with Gasteiger partial charge in [-0.05, 0) is 30.7 Å². The second-order valence-corrected chi connectivity index (χ2v) is 7.95. The lowest BCUT2D eigenvalue weighted by Gasteiger charge is -2.31. The first-order valence-corrected chi connectivity index (χ1v) is 9.43. The molecular formula is C15H21F3IN3O3S. The molecule has 1 heterocycles. The zero-order valence-corrected chi connectivity index (χ0v) is 17.4. The lowest BCUT2D eigenvalue weighted by molar-refractivity contribution is -0.137. The third-order valence-electron chi connectivity index (χ3n) is 3.71. The second kappa shape index (κ2) is 8.74. The highest BCUT2D eigenvalue weighted by molar-refractivity contribution is 14.0. The summed E-state index contributed by atoms with van der Waals surface area (Å²) in [7, 11) is -3.78. The Balaban J connectivity index is 0.00000338. The molecule has 6 nitrogen and oxygen atoms in total. The normalized spacial score (nSPS) is 19.2. The summed E-state index contributed by atoms with van der Waals surface area (Å²) in [6.45, 7) is 3.29. The summed E-state index contributed by atoms with van der Waals surface area (Å²) in [5.41, 5.74) is 4.98. The third kappa shape index (κ3) is 6.27. The standard InChI is InChI=1S/C15H20F3N3O3S.HI/c1-10-9-21(3-4-24-10)14(19)20-8-11-5-12(15(16,17)18)7-13(6-11)25(2,22)23;/h5-7,10H,3-4,8-9H2,1-2H3,(H2,19,20);1H. The van der Waals surface area contributed by atoms with Crippen LogP contribution >= 0.6 is 24.0 Å². The summed E-state index contributed by atoms with van der Waals surface area (Å²) in [5.74, 6) is 0.188. The summed E-state index contributed by atoms with van der Waals surface area (Å²) in [5, 5.41) is 0. The summed E-state index contributed by atoms with van der Waals surface area (Å²) in [4.78, 5) is 5.48. The third-order valence-corrected chi connectivity index (χ3v) is 4.80. The summed E-state index contributed by atoms with van der Waals surface area (Å²) >= 11 is 0. The van der Waals surface area contributed by atoms with Crippen LogP contribution in [0.3, 0.4) is 0 Å². The Kier molecular flexibility index (Phi) is 7.72. The second-order valence-electron chi connectivity index (χ2n) is 5.94. The van der Waals surface area contributed by atoms with Gasteiger partial charge in [-0.2, -0.15) is 13.2 Å². The number of aliphatic imine (C=N–C) groups is 1. The molecule has 1 saturated heterocycles. The molecule has 1 aromatic rings.